The summed E-state index contributed by atoms with van der Waals surface area (Å²) < 4.78 is 8.91. The molecule has 0 radical (unpaired) electrons. The lowest BCUT2D eigenvalue weighted by Crippen LogP contribution is -2.16. The van der Waals surface area contributed by atoms with Crippen LogP contribution >= 0.6 is 11.6 Å². The lowest BCUT2D eigenvalue weighted by Gasteiger charge is -2.10. The summed E-state index contributed by atoms with van der Waals surface area (Å²) >= 11 is 5.93. The summed E-state index contributed by atoms with van der Waals surface area (Å²) in [6, 6.07) is 2.53. The van der Waals surface area contributed by atoms with Crippen molar-refractivity contribution in [2.45, 2.75) is 6.92 Å². The number of aryl methyl sites for hydroxylation is 1. The number of rotatable bonds is 5. The Balaban J connectivity index is 3.32. The van der Waals surface area contributed by atoms with Gasteiger partial charge in [0.1, 0.15) is 11.4 Å². The Kier molecular flexibility index (Phi) is 5.88. The summed E-state index contributed by atoms with van der Waals surface area (Å²) in [7, 11) is 2.23. The molecule has 22 heavy (non-hydrogen) atoms. The number of anilines is 1. The van der Waals surface area contributed by atoms with Crippen molar-refractivity contribution < 1.29 is 24.0 Å². The average molecular weight is 329 g/mol. The topological polar surface area (TPSA) is 108 Å². The highest BCUT2D eigenvalue weighted by atomic mass is 35.5. The number of nitrogens with one attached hydrogen (secondary N) is 1. The first-order chi connectivity index (χ1) is 10.3. The minimum absolute atomic E-state index is 0.0545. The quantitative estimate of drug-likeness (QED) is 0.382. The molecule has 0 unspecified atom stereocenters. The second kappa shape index (κ2) is 7.41. The molecular formula is C13H13ClN2O6. The number of carbonyl (C=O) groups excluding carboxylic acids is 2. The predicted molar refractivity (Wildman–Crippen MR) is 78.6 cm³/mol. The van der Waals surface area contributed by atoms with E-state index in [1.54, 1.807) is 6.92 Å². The minimum atomic E-state index is -0.892. The van der Waals surface area contributed by atoms with Crippen LogP contribution in [-0.2, 0) is 19.1 Å². The van der Waals surface area contributed by atoms with Gasteiger partial charge in [-0.15, -0.1) is 0 Å². The molecule has 0 amide bonds. The molecule has 0 fully saturated rings. The number of methoxy groups -OCH3 is 2. The molecule has 0 saturated heterocycles. The van der Waals surface area contributed by atoms with Crippen LogP contribution in [0.5, 0.6) is 0 Å². The van der Waals surface area contributed by atoms with E-state index in [-0.39, 0.29) is 22.1 Å². The highest BCUT2D eigenvalue weighted by molar-refractivity contribution is 6.31. The second-order valence-electron chi connectivity index (χ2n) is 4.07. The predicted octanol–water partition coefficient (Wildman–Crippen LogP) is 2.20. The van der Waals surface area contributed by atoms with E-state index in [0.717, 1.165) is 20.3 Å². The summed E-state index contributed by atoms with van der Waals surface area (Å²) in [6.07, 6.45) is 0.823. The number of nitro benzene ring substituents is 1. The van der Waals surface area contributed by atoms with E-state index in [4.69, 9.17) is 11.6 Å². The molecule has 0 saturated carbocycles. The van der Waals surface area contributed by atoms with Crippen molar-refractivity contribution in [3.05, 3.63) is 44.6 Å². The van der Waals surface area contributed by atoms with Crippen molar-refractivity contribution in [1.29, 1.82) is 0 Å². The molecule has 1 N–H and O–H groups in total. The fourth-order valence-electron chi connectivity index (χ4n) is 1.50. The van der Waals surface area contributed by atoms with Gasteiger partial charge in [0.2, 0.25) is 0 Å². The van der Waals surface area contributed by atoms with Gasteiger partial charge in [0.15, 0.2) is 0 Å². The highest BCUT2D eigenvalue weighted by Gasteiger charge is 2.20. The number of ether oxygens (including phenoxy) is 2. The van der Waals surface area contributed by atoms with E-state index in [2.05, 4.69) is 14.8 Å². The monoisotopic (exact) mass is 328 g/mol. The number of nitro groups is 1. The van der Waals surface area contributed by atoms with Gasteiger partial charge in [0, 0.05) is 11.1 Å². The third kappa shape index (κ3) is 4.19. The number of hydrogen-bond acceptors (Lipinski definition) is 7. The normalized spacial score (nSPS) is 10.8. The zero-order valence-electron chi connectivity index (χ0n) is 12.0. The van der Waals surface area contributed by atoms with Gasteiger partial charge in [-0.1, -0.05) is 11.6 Å². The van der Waals surface area contributed by atoms with Crippen molar-refractivity contribution in [3.8, 4) is 0 Å². The number of benzene rings is 1. The summed E-state index contributed by atoms with van der Waals surface area (Å²) in [5.41, 5.74) is -0.185. The smallest absolute Gasteiger partial charge is 0.354 e. The summed E-state index contributed by atoms with van der Waals surface area (Å²) in [5.74, 6) is -1.72. The van der Waals surface area contributed by atoms with Gasteiger partial charge in [0.05, 0.1) is 25.2 Å². The van der Waals surface area contributed by atoms with Gasteiger partial charge in [-0.2, -0.15) is 0 Å². The third-order valence-electron chi connectivity index (χ3n) is 2.61. The lowest BCUT2D eigenvalue weighted by molar-refractivity contribution is -0.384. The summed E-state index contributed by atoms with van der Waals surface area (Å²) in [4.78, 5) is 33.3. The number of halogens is 1. The van der Waals surface area contributed by atoms with E-state index in [1.165, 1.54) is 12.1 Å². The fourth-order valence-corrected chi connectivity index (χ4v) is 1.66. The van der Waals surface area contributed by atoms with Gasteiger partial charge in [0.25, 0.3) is 5.69 Å². The second-order valence-corrected chi connectivity index (χ2v) is 4.48. The minimum Gasteiger partial charge on any atom is -0.466 e. The highest BCUT2D eigenvalue weighted by Crippen LogP contribution is 2.31. The van der Waals surface area contributed by atoms with Crippen LogP contribution in [0.3, 0.4) is 0 Å². The van der Waals surface area contributed by atoms with Crippen LogP contribution in [0.1, 0.15) is 5.56 Å². The molecule has 0 aliphatic rings. The zero-order chi connectivity index (χ0) is 16.9. The molecule has 1 aromatic carbocycles. The SMILES string of the molecule is COC(=O)/C=C(/Nc1cc(Cl)c(C)cc1[N+](=O)[O-])C(=O)OC. The Labute approximate surface area is 130 Å². The molecule has 1 rings (SSSR count). The first kappa shape index (κ1) is 17.4. The Morgan fingerprint density at radius 3 is 2.45 bits per heavy atom. The Morgan fingerprint density at radius 1 is 1.32 bits per heavy atom. The fraction of sp³-hybridized carbons (Fsp3) is 0.231. The maximum atomic E-state index is 11.6. The van der Waals surface area contributed by atoms with Crippen LogP contribution in [0.2, 0.25) is 5.02 Å². The summed E-state index contributed by atoms with van der Waals surface area (Å²) in [6.45, 7) is 1.60. The van der Waals surface area contributed by atoms with E-state index >= 15 is 0 Å². The third-order valence-corrected chi connectivity index (χ3v) is 3.02. The van der Waals surface area contributed by atoms with Gasteiger partial charge >= 0.3 is 11.9 Å². The molecule has 118 valence electrons. The molecule has 0 heterocycles. The molecule has 0 atom stereocenters. The number of hydrogen-bond donors (Lipinski definition) is 1. The molecule has 0 aliphatic heterocycles. The van der Waals surface area contributed by atoms with Crippen molar-refractivity contribution >= 4 is 34.9 Å². The maximum absolute atomic E-state index is 11.6. The van der Waals surface area contributed by atoms with Gasteiger partial charge in [-0.3, -0.25) is 10.1 Å². The average Bonchev–Trinajstić information content (AvgIpc) is 2.48. The Morgan fingerprint density at radius 2 is 1.95 bits per heavy atom. The first-order valence-electron chi connectivity index (χ1n) is 5.89. The van der Waals surface area contributed by atoms with Crippen LogP contribution in [0, 0.1) is 17.0 Å². The van der Waals surface area contributed by atoms with E-state index in [0.29, 0.717) is 5.56 Å². The molecule has 0 aromatic heterocycles. The van der Waals surface area contributed by atoms with E-state index in [1.807, 2.05) is 0 Å². The molecule has 1 aromatic rings. The standard InChI is InChI=1S/C13H13ClN2O6/c1-7-4-11(16(19)20)9(5-8(7)14)15-10(13(18)22-3)6-12(17)21-2/h4-6,15H,1-3H3/b10-6+. The largest absolute Gasteiger partial charge is 0.466 e. The van der Waals surface area contributed by atoms with Crippen LogP contribution in [0.25, 0.3) is 0 Å². The number of esters is 2. The van der Waals surface area contributed by atoms with Crippen molar-refractivity contribution in [1.82, 2.24) is 0 Å². The van der Waals surface area contributed by atoms with Crippen molar-refractivity contribution in [2.24, 2.45) is 0 Å². The molecule has 0 aliphatic carbocycles. The first-order valence-corrected chi connectivity index (χ1v) is 6.27. The number of nitrogens with zero attached hydrogens (tertiary/aromatic N) is 1. The maximum Gasteiger partial charge on any atom is 0.354 e. The van der Waals surface area contributed by atoms with Crippen LogP contribution in [0.4, 0.5) is 11.4 Å². The van der Waals surface area contributed by atoms with Gasteiger partial charge < -0.3 is 14.8 Å². The van der Waals surface area contributed by atoms with E-state index < -0.39 is 16.9 Å². The van der Waals surface area contributed by atoms with Crippen molar-refractivity contribution in [2.75, 3.05) is 19.5 Å². The van der Waals surface area contributed by atoms with Crippen LogP contribution in [-0.4, -0.2) is 31.1 Å². The molecule has 9 heteroatoms. The zero-order valence-corrected chi connectivity index (χ0v) is 12.8. The lowest BCUT2D eigenvalue weighted by atomic mass is 10.2. The Bertz CT molecular complexity index is 656. The van der Waals surface area contributed by atoms with Crippen LogP contribution < -0.4 is 5.32 Å². The van der Waals surface area contributed by atoms with Gasteiger partial charge in [-0.05, 0) is 18.6 Å². The molecule has 0 spiro atoms. The van der Waals surface area contributed by atoms with Gasteiger partial charge in [-0.25, -0.2) is 9.59 Å². The van der Waals surface area contributed by atoms with E-state index in [9.17, 15) is 19.7 Å². The van der Waals surface area contributed by atoms with Crippen molar-refractivity contribution in [3.63, 3.8) is 0 Å². The summed E-state index contributed by atoms with van der Waals surface area (Å²) in [5, 5.41) is 13.8. The van der Waals surface area contributed by atoms with Crippen LogP contribution in [0.15, 0.2) is 23.9 Å². The Hall–Kier alpha value is -2.61. The molecule has 0 bridgehead atoms. The number of carbonyl (C=O) groups is 2. The molecule has 8 nitrogen and oxygen atoms in total. The molecular weight excluding hydrogens is 316 g/mol.